The molecule has 0 aliphatic heterocycles. The molecule has 2 rings (SSSR count). The molecule has 1 aliphatic rings. The minimum atomic E-state index is -0.570. The fraction of sp³-hybridized carbons (Fsp3) is 0.733. The summed E-state index contributed by atoms with van der Waals surface area (Å²) in [5.41, 5.74) is 0.172. The first-order valence-electron chi connectivity index (χ1n) is 14.0. The first-order valence-corrected chi connectivity index (χ1v) is 14.0. The molecule has 37 heavy (non-hydrogen) atoms. The van der Waals surface area contributed by atoms with E-state index < -0.39 is 11.2 Å². The zero-order valence-electron chi connectivity index (χ0n) is 24.4. The van der Waals surface area contributed by atoms with Crippen LogP contribution in [0.5, 0.6) is 0 Å². The molecule has 0 heterocycles. The summed E-state index contributed by atoms with van der Waals surface area (Å²) in [7, 11) is 2.13. The molecule has 1 fully saturated rings. The van der Waals surface area contributed by atoms with Crippen molar-refractivity contribution in [3.05, 3.63) is 35.9 Å². The van der Waals surface area contributed by atoms with Gasteiger partial charge in [-0.15, -0.1) is 0 Å². The van der Waals surface area contributed by atoms with E-state index in [1.165, 1.54) is 12.0 Å². The Morgan fingerprint density at radius 2 is 1.35 bits per heavy atom. The molecule has 0 radical (unpaired) electrons. The highest BCUT2D eigenvalue weighted by Gasteiger charge is 2.31. The van der Waals surface area contributed by atoms with Crippen molar-refractivity contribution in [1.29, 1.82) is 0 Å². The zero-order valence-corrected chi connectivity index (χ0v) is 24.4. The fourth-order valence-corrected chi connectivity index (χ4v) is 4.64. The lowest BCUT2D eigenvalue weighted by molar-refractivity contribution is 0.00360. The molecular weight excluding hydrogens is 466 g/mol. The second-order valence-corrected chi connectivity index (χ2v) is 12.4. The van der Waals surface area contributed by atoms with Crippen LogP contribution in [0.25, 0.3) is 0 Å². The highest BCUT2D eigenvalue weighted by atomic mass is 16.6. The van der Waals surface area contributed by atoms with Gasteiger partial charge in [-0.3, -0.25) is 0 Å². The van der Waals surface area contributed by atoms with Crippen LogP contribution < -0.4 is 0 Å². The summed E-state index contributed by atoms with van der Waals surface area (Å²) in [6.45, 7) is 14.7. The van der Waals surface area contributed by atoms with E-state index in [9.17, 15) is 9.59 Å². The van der Waals surface area contributed by atoms with Crippen LogP contribution in [0, 0.1) is 0 Å². The smallest absolute Gasteiger partial charge is 0.410 e. The molecule has 210 valence electrons. The van der Waals surface area contributed by atoms with Gasteiger partial charge in [0.15, 0.2) is 0 Å². The molecule has 1 aromatic rings. The van der Waals surface area contributed by atoms with E-state index in [1.54, 1.807) is 4.90 Å². The van der Waals surface area contributed by atoms with Crippen molar-refractivity contribution in [3.8, 4) is 0 Å². The first-order chi connectivity index (χ1) is 17.3. The van der Waals surface area contributed by atoms with Gasteiger partial charge in [-0.05, 0) is 86.4 Å². The van der Waals surface area contributed by atoms with Crippen molar-refractivity contribution in [1.82, 2.24) is 14.7 Å². The molecule has 0 unspecified atom stereocenters. The summed E-state index contributed by atoms with van der Waals surface area (Å²) in [5.74, 6) is 0. The zero-order chi connectivity index (χ0) is 27.5. The average Bonchev–Trinajstić information content (AvgIpc) is 2.79. The molecule has 1 aliphatic carbocycles. The van der Waals surface area contributed by atoms with Gasteiger partial charge in [0, 0.05) is 32.2 Å². The maximum Gasteiger partial charge on any atom is 0.410 e. The van der Waals surface area contributed by atoms with Gasteiger partial charge in [-0.2, -0.15) is 0 Å². The predicted octanol–water partition coefficient (Wildman–Crippen LogP) is 6.71. The number of hydrogen-bond donors (Lipinski definition) is 0. The van der Waals surface area contributed by atoms with E-state index >= 15 is 0 Å². The minimum absolute atomic E-state index is 0.163. The summed E-state index contributed by atoms with van der Waals surface area (Å²) >= 11 is 0. The lowest BCUT2D eigenvalue weighted by atomic mass is 9.94. The molecule has 0 bridgehead atoms. The van der Waals surface area contributed by atoms with Crippen molar-refractivity contribution in [2.75, 3.05) is 33.2 Å². The number of hydrogen-bond acceptors (Lipinski definition) is 5. The van der Waals surface area contributed by atoms with Gasteiger partial charge in [0.1, 0.15) is 11.2 Å². The Balaban J connectivity index is 1.98. The van der Waals surface area contributed by atoms with Crippen LogP contribution in [-0.4, -0.2) is 77.4 Å². The van der Waals surface area contributed by atoms with Crippen LogP contribution in [0.4, 0.5) is 9.59 Å². The third-order valence-corrected chi connectivity index (χ3v) is 6.42. The maximum absolute atomic E-state index is 13.1. The van der Waals surface area contributed by atoms with Crippen LogP contribution >= 0.6 is 0 Å². The van der Waals surface area contributed by atoms with E-state index in [0.717, 1.165) is 51.6 Å². The summed E-state index contributed by atoms with van der Waals surface area (Å²) in [5, 5.41) is 0. The van der Waals surface area contributed by atoms with E-state index in [-0.39, 0.29) is 18.2 Å². The molecule has 0 N–H and O–H groups in total. The van der Waals surface area contributed by atoms with Crippen molar-refractivity contribution in [2.24, 2.45) is 0 Å². The van der Waals surface area contributed by atoms with Crippen molar-refractivity contribution in [2.45, 2.75) is 110 Å². The average molecular weight is 518 g/mol. The van der Waals surface area contributed by atoms with Crippen molar-refractivity contribution >= 4 is 12.2 Å². The summed E-state index contributed by atoms with van der Waals surface area (Å²) < 4.78 is 11.5. The number of carbonyl (C=O) groups is 2. The van der Waals surface area contributed by atoms with Crippen LogP contribution in [0.3, 0.4) is 0 Å². The first kappa shape index (κ1) is 30.9. The molecule has 1 saturated carbocycles. The number of carbonyl (C=O) groups excluding carboxylic acids is 2. The minimum Gasteiger partial charge on any atom is -0.444 e. The number of amides is 2. The maximum atomic E-state index is 13.1. The molecular formula is C30H51N3O4. The molecule has 0 atom stereocenters. The van der Waals surface area contributed by atoms with Crippen LogP contribution in [0.2, 0.25) is 0 Å². The van der Waals surface area contributed by atoms with Crippen molar-refractivity contribution in [3.63, 3.8) is 0 Å². The van der Waals surface area contributed by atoms with E-state index in [0.29, 0.717) is 19.6 Å². The quantitative estimate of drug-likeness (QED) is 0.305. The number of unbranched alkanes of at least 4 members (excludes halogenated alkanes) is 1. The monoisotopic (exact) mass is 517 g/mol. The Morgan fingerprint density at radius 1 is 0.784 bits per heavy atom. The second kappa shape index (κ2) is 14.6. The van der Waals surface area contributed by atoms with Crippen LogP contribution in [0.15, 0.2) is 30.3 Å². The van der Waals surface area contributed by atoms with Crippen molar-refractivity contribution < 1.29 is 19.1 Å². The Kier molecular flexibility index (Phi) is 12.2. The highest BCUT2D eigenvalue weighted by Crippen LogP contribution is 2.24. The summed E-state index contributed by atoms with van der Waals surface area (Å²) in [6, 6.07) is 10.6. The lowest BCUT2D eigenvalue weighted by Gasteiger charge is -2.37. The number of benzene rings is 1. The van der Waals surface area contributed by atoms with Gasteiger partial charge in [0.2, 0.25) is 0 Å². The van der Waals surface area contributed by atoms with E-state index in [2.05, 4.69) is 36.2 Å². The fourth-order valence-electron chi connectivity index (χ4n) is 4.64. The Bertz CT molecular complexity index is 810. The van der Waals surface area contributed by atoms with Gasteiger partial charge in [-0.25, -0.2) is 9.59 Å². The molecule has 7 heteroatoms. The van der Waals surface area contributed by atoms with Gasteiger partial charge >= 0.3 is 12.2 Å². The third kappa shape index (κ3) is 12.7. The van der Waals surface area contributed by atoms with E-state index in [1.807, 2.05) is 52.5 Å². The number of rotatable bonds is 11. The van der Waals surface area contributed by atoms with Gasteiger partial charge in [0.05, 0.1) is 0 Å². The molecule has 2 amide bonds. The topological polar surface area (TPSA) is 62.3 Å². The standard InChI is InChI=1S/C30H51N3O4/c1-29(2,3)36-27(34)32(21-15-14-20-31(7)24-25-16-10-8-11-17-25)22-23-33(26-18-12-9-13-19-26)28(35)37-30(4,5)6/h8,10-11,16-17,26H,9,12-15,18-24H2,1-7H3. The van der Waals surface area contributed by atoms with Crippen LogP contribution in [-0.2, 0) is 16.0 Å². The molecule has 0 spiro atoms. The van der Waals surface area contributed by atoms with Gasteiger partial charge in [0.25, 0.3) is 0 Å². The highest BCUT2D eigenvalue weighted by molar-refractivity contribution is 5.70. The molecule has 7 nitrogen and oxygen atoms in total. The van der Waals surface area contributed by atoms with Crippen LogP contribution in [0.1, 0.15) is 92.1 Å². The lowest BCUT2D eigenvalue weighted by Crippen LogP contribution is -2.49. The SMILES string of the molecule is CN(CCCCN(CCN(C(=O)OC(C)(C)C)C1CCCCC1)C(=O)OC(C)(C)C)Cc1ccccc1. The molecule has 0 saturated heterocycles. The predicted molar refractivity (Wildman–Crippen MR) is 150 cm³/mol. The second-order valence-electron chi connectivity index (χ2n) is 12.4. The van der Waals surface area contributed by atoms with Gasteiger partial charge < -0.3 is 24.2 Å². The summed E-state index contributed by atoms with van der Waals surface area (Å²) in [6.07, 6.45) is 6.66. The molecule has 1 aromatic carbocycles. The largest absolute Gasteiger partial charge is 0.444 e. The van der Waals surface area contributed by atoms with E-state index in [4.69, 9.17) is 9.47 Å². The Labute approximate surface area is 225 Å². The molecule has 0 aromatic heterocycles. The van der Waals surface area contributed by atoms with Gasteiger partial charge in [-0.1, -0.05) is 49.6 Å². The Morgan fingerprint density at radius 3 is 1.95 bits per heavy atom. The normalized spacial score (nSPS) is 14.9. The number of nitrogens with zero attached hydrogens (tertiary/aromatic N) is 3. The Hall–Kier alpha value is -2.28. The number of ether oxygens (including phenoxy) is 2. The third-order valence-electron chi connectivity index (χ3n) is 6.42. The summed E-state index contributed by atoms with van der Waals surface area (Å²) in [4.78, 5) is 32.1.